The molecule has 164 valence electrons. The van der Waals surface area contributed by atoms with Gasteiger partial charge >= 0.3 is 5.97 Å². The number of aromatic amines is 1. The fourth-order valence-electron chi connectivity index (χ4n) is 4.38. The van der Waals surface area contributed by atoms with E-state index in [1.165, 1.54) is 0 Å². The van der Waals surface area contributed by atoms with Gasteiger partial charge in [0.05, 0.1) is 11.1 Å². The van der Waals surface area contributed by atoms with E-state index in [1.807, 2.05) is 36.4 Å². The van der Waals surface area contributed by atoms with Gasteiger partial charge in [-0.15, -0.1) is 5.10 Å². The highest BCUT2D eigenvalue weighted by Gasteiger charge is 2.16. The summed E-state index contributed by atoms with van der Waals surface area (Å²) < 4.78 is 2.14. The zero-order valence-corrected chi connectivity index (χ0v) is 18.2. The largest absolute Gasteiger partial charge is 0.478 e. The molecule has 0 radical (unpaired) electrons. The molecule has 3 aromatic carbocycles. The number of hydrogen-bond donors (Lipinski definition) is 2. The van der Waals surface area contributed by atoms with Crippen LogP contribution in [0.1, 0.15) is 35.0 Å². The van der Waals surface area contributed by atoms with E-state index in [0.29, 0.717) is 17.9 Å². The van der Waals surface area contributed by atoms with Crippen LogP contribution in [0.15, 0.2) is 72.8 Å². The van der Waals surface area contributed by atoms with Gasteiger partial charge in [-0.1, -0.05) is 74.0 Å². The fraction of sp³-hybridized carbons (Fsp3) is 0.154. The van der Waals surface area contributed by atoms with Crippen molar-refractivity contribution in [3.63, 3.8) is 0 Å². The van der Waals surface area contributed by atoms with Gasteiger partial charge in [0.25, 0.3) is 0 Å². The summed E-state index contributed by atoms with van der Waals surface area (Å²) in [5, 5.41) is 25.0. The molecule has 0 fully saturated rings. The predicted molar refractivity (Wildman–Crippen MR) is 127 cm³/mol. The number of tetrazole rings is 1. The number of rotatable bonds is 7. The molecule has 7 nitrogen and oxygen atoms in total. The van der Waals surface area contributed by atoms with Crippen molar-refractivity contribution in [2.24, 2.45) is 0 Å². The monoisotopic (exact) mass is 437 g/mol. The van der Waals surface area contributed by atoms with Gasteiger partial charge in [-0.05, 0) is 45.7 Å². The Bertz CT molecular complexity index is 1420. The van der Waals surface area contributed by atoms with Crippen LogP contribution in [0.2, 0.25) is 0 Å². The molecule has 0 spiro atoms. The minimum Gasteiger partial charge on any atom is -0.478 e. The average molecular weight is 438 g/mol. The lowest BCUT2D eigenvalue weighted by molar-refractivity contribution is 0.0698. The van der Waals surface area contributed by atoms with E-state index in [9.17, 15) is 9.90 Å². The third kappa shape index (κ3) is 3.89. The number of nitrogens with one attached hydrogen (secondary N) is 1. The van der Waals surface area contributed by atoms with Gasteiger partial charge < -0.3 is 9.67 Å². The van der Waals surface area contributed by atoms with Gasteiger partial charge in [0.1, 0.15) is 0 Å². The molecular formula is C26H23N5O2. The highest BCUT2D eigenvalue weighted by atomic mass is 16.4. The second-order valence-electron chi connectivity index (χ2n) is 8.01. The van der Waals surface area contributed by atoms with Crippen molar-refractivity contribution < 1.29 is 9.90 Å². The van der Waals surface area contributed by atoms with E-state index in [2.05, 4.69) is 62.4 Å². The van der Waals surface area contributed by atoms with Gasteiger partial charge in [0, 0.05) is 23.2 Å². The first-order chi connectivity index (χ1) is 16.2. The molecule has 0 aliphatic carbocycles. The highest BCUT2D eigenvalue weighted by Crippen LogP contribution is 2.31. The third-order valence-electron chi connectivity index (χ3n) is 5.88. The molecule has 5 aromatic rings. The molecule has 0 aliphatic rings. The molecule has 0 amide bonds. The van der Waals surface area contributed by atoms with E-state index in [4.69, 9.17) is 0 Å². The summed E-state index contributed by atoms with van der Waals surface area (Å²) in [6.45, 7) is 2.74. The van der Waals surface area contributed by atoms with Crippen molar-refractivity contribution in [3.8, 4) is 22.5 Å². The van der Waals surface area contributed by atoms with Crippen molar-refractivity contribution in [3.05, 3.63) is 89.6 Å². The summed E-state index contributed by atoms with van der Waals surface area (Å²) in [5.74, 6) is -0.282. The van der Waals surface area contributed by atoms with Crippen molar-refractivity contribution in [2.75, 3.05) is 0 Å². The summed E-state index contributed by atoms with van der Waals surface area (Å²) in [5.41, 5.74) is 6.39. The van der Waals surface area contributed by atoms with Crippen molar-refractivity contribution in [1.29, 1.82) is 0 Å². The van der Waals surface area contributed by atoms with Crippen LogP contribution in [-0.2, 0) is 13.0 Å². The third-order valence-corrected chi connectivity index (χ3v) is 5.88. The first-order valence-corrected chi connectivity index (χ1v) is 10.9. The standard InChI is InChI=1S/C26H23N5O2/c1-2-6-20-15-19-7-5-10-23(26(32)33)24(19)31(20)16-17-11-13-18(14-12-17)21-8-3-4-9-22(21)25-27-29-30-28-25/h3-5,7-15H,2,6,16H2,1H3,(H,32,33)(H,27,28,29,30). The Morgan fingerprint density at radius 2 is 1.79 bits per heavy atom. The van der Waals surface area contributed by atoms with Gasteiger partial charge in [-0.3, -0.25) is 0 Å². The quantitative estimate of drug-likeness (QED) is 0.365. The first kappa shape index (κ1) is 20.6. The maximum atomic E-state index is 11.9. The fourth-order valence-corrected chi connectivity index (χ4v) is 4.38. The van der Waals surface area contributed by atoms with Crippen LogP contribution in [0.5, 0.6) is 0 Å². The second-order valence-corrected chi connectivity index (χ2v) is 8.01. The first-order valence-electron chi connectivity index (χ1n) is 10.9. The number of carboxylic acid groups (broad SMARTS) is 1. The topological polar surface area (TPSA) is 96.7 Å². The molecule has 2 aromatic heterocycles. The molecule has 2 N–H and O–H groups in total. The van der Waals surface area contributed by atoms with Crippen LogP contribution in [0.3, 0.4) is 0 Å². The lowest BCUT2D eigenvalue weighted by Gasteiger charge is -2.13. The molecule has 2 heterocycles. The number of aromatic carboxylic acids is 1. The molecule has 5 rings (SSSR count). The Balaban J connectivity index is 1.53. The maximum absolute atomic E-state index is 11.9. The Labute approximate surface area is 190 Å². The molecule has 33 heavy (non-hydrogen) atoms. The summed E-state index contributed by atoms with van der Waals surface area (Å²) >= 11 is 0. The summed E-state index contributed by atoms with van der Waals surface area (Å²) in [6.07, 6.45) is 1.88. The molecule has 7 heteroatoms. The second kappa shape index (κ2) is 8.70. The van der Waals surface area contributed by atoms with Crippen LogP contribution in [0, 0.1) is 0 Å². The number of benzene rings is 3. The van der Waals surface area contributed by atoms with Crippen LogP contribution in [-0.4, -0.2) is 36.3 Å². The maximum Gasteiger partial charge on any atom is 0.337 e. The summed E-state index contributed by atoms with van der Waals surface area (Å²) in [6, 6.07) is 23.9. The zero-order valence-electron chi connectivity index (χ0n) is 18.2. The number of aryl methyl sites for hydroxylation is 1. The Morgan fingerprint density at radius 3 is 2.48 bits per heavy atom. The minimum absolute atomic E-state index is 0.334. The number of aromatic nitrogens is 5. The molecule has 0 bridgehead atoms. The highest BCUT2D eigenvalue weighted by molar-refractivity contribution is 6.02. The molecule has 0 atom stereocenters. The van der Waals surface area contributed by atoms with Gasteiger partial charge in [-0.2, -0.15) is 0 Å². The van der Waals surface area contributed by atoms with Crippen LogP contribution >= 0.6 is 0 Å². The number of fused-ring (bicyclic) bond motifs is 1. The average Bonchev–Trinajstić information content (AvgIpc) is 3.49. The lowest BCUT2D eigenvalue weighted by Crippen LogP contribution is -2.08. The Kier molecular flexibility index (Phi) is 5.44. The van der Waals surface area contributed by atoms with Crippen LogP contribution < -0.4 is 0 Å². The summed E-state index contributed by atoms with van der Waals surface area (Å²) in [4.78, 5) is 11.9. The molecule has 0 saturated heterocycles. The van der Waals surface area contributed by atoms with Crippen molar-refractivity contribution in [1.82, 2.24) is 25.2 Å². The Morgan fingerprint density at radius 1 is 1.00 bits per heavy atom. The normalized spacial score (nSPS) is 11.2. The van der Waals surface area contributed by atoms with E-state index in [-0.39, 0.29) is 0 Å². The molecular weight excluding hydrogens is 414 g/mol. The number of H-pyrrole nitrogens is 1. The number of para-hydroxylation sites is 1. The van der Waals surface area contributed by atoms with Crippen LogP contribution in [0.25, 0.3) is 33.4 Å². The van der Waals surface area contributed by atoms with Gasteiger partial charge in [0.2, 0.25) is 0 Å². The Hall–Kier alpha value is -4.26. The van der Waals surface area contributed by atoms with Crippen molar-refractivity contribution >= 4 is 16.9 Å². The van der Waals surface area contributed by atoms with Gasteiger partial charge in [0.15, 0.2) is 5.82 Å². The smallest absolute Gasteiger partial charge is 0.337 e. The number of carbonyl (C=O) groups is 1. The zero-order chi connectivity index (χ0) is 22.8. The predicted octanol–water partition coefficient (Wildman–Crippen LogP) is 5.19. The van der Waals surface area contributed by atoms with Crippen molar-refractivity contribution in [2.45, 2.75) is 26.3 Å². The van der Waals surface area contributed by atoms with E-state index >= 15 is 0 Å². The lowest BCUT2D eigenvalue weighted by atomic mass is 9.98. The molecule has 0 saturated carbocycles. The number of carboxylic acids is 1. The number of nitrogens with zero attached hydrogens (tertiary/aromatic N) is 4. The summed E-state index contributed by atoms with van der Waals surface area (Å²) in [7, 11) is 0. The van der Waals surface area contributed by atoms with E-state index in [1.54, 1.807) is 6.07 Å². The molecule has 0 aliphatic heterocycles. The number of hydrogen-bond acceptors (Lipinski definition) is 4. The van der Waals surface area contributed by atoms with Crippen LogP contribution in [0.4, 0.5) is 0 Å². The van der Waals surface area contributed by atoms with Gasteiger partial charge in [-0.25, -0.2) is 9.89 Å². The minimum atomic E-state index is -0.906. The van der Waals surface area contributed by atoms with E-state index < -0.39 is 5.97 Å². The SMILES string of the molecule is CCCc1cc2cccc(C(=O)O)c2n1Cc1ccc(-c2ccccc2-c2nnn[nH]2)cc1. The van der Waals surface area contributed by atoms with E-state index in [0.717, 1.165) is 51.7 Å². The molecule has 0 unspecified atom stereocenters.